The monoisotopic (exact) mass is 361 g/mol. The topological polar surface area (TPSA) is 130 Å². The number of nitrogens with zero attached hydrogens (tertiary/aromatic N) is 5. The number of anilines is 2. The average Bonchev–Trinajstić information content (AvgIpc) is 2.72. The van der Waals surface area contributed by atoms with Crippen molar-refractivity contribution in [3.8, 4) is 17.3 Å². The first-order valence-electron chi connectivity index (χ1n) is 8.07. The summed E-state index contributed by atoms with van der Waals surface area (Å²) in [6, 6.07) is 14.0. The molecular weight excluding hydrogens is 346 g/mol. The van der Waals surface area contributed by atoms with E-state index in [1.807, 2.05) is 12.1 Å². The van der Waals surface area contributed by atoms with Gasteiger partial charge in [-0.1, -0.05) is 12.1 Å². The van der Waals surface area contributed by atoms with Crippen LogP contribution < -0.4 is 10.6 Å². The number of benzene rings is 1. The maximum absolute atomic E-state index is 10.6. The Kier molecular flexibility index (Phi) is 5.49. The van der Waals surface area contributed by atoms with Crippen molar-refractivity contribution in [2.24, 2.45) is 0 Å². The molecule has 0 saturated heterocycles. The number of nitro groups is 1. The number of pyridine rings is 1. The van der Waals surface area contributed by atoms with Crippen molar-refractivity contribution >= 4 is 17.5 Å². The lowest BCUT2D eigenvalue weighted by molar-refractivity contribution is -0.385. The van der Waals surface area contributed by atoms with E-state index in [4.69, 9.17) is 5.26 Å². The van der Waals surface area contributed by atoms with Gasteiger partial charge in [0.05, 0.1) is 22.2 Å². The molecular formula is C18H15N7O2. The second-order valence-corrected chi connectivity index (χ2v) is 5.47. The third-order valence-corrected chi connectivity index (χ3v) is 3.62. The Morgan fingerprint density at radius 1 is 1.11 bits per heavy atom. The molecule has 0 aliphatic heterocycles. The van der Waals surface area contributed by atoms with Gasteiger partial charge in [0.25, 0.3) is 5.69 Å². The lowest BCUT2D eigenvalue weighted by atomic mass is 10.1. The minimum Gasteiger partial charge on any atom is -0.368 e. The van der Waals surface area contributed by atoms with Crippen LogP contribution in [0.25, 0.3) is 11.3 Å². The van der Waals surface area contributed by atoms with Gasteiger partial charge in [-0.2, -0.15) is 5.26 Å². The molecule has 9 nitrogen and oxygen atoms in total. The zero-order valence-electron chi connectivity index (χ0n) is 14.2. The van der Waals surface area contributed by atoms with Gasteiger partial charge >= 0.3 is 0 Å². The fraction of sp³-hybridized carbons (Fsp3) is 0.111. The number of aromatic nitrogens is 3. The molecule has 0 unspecified atom stereocenters. The van der Waals surface area contributed by atoms with Crippen LogP contribution in [-0.4, -0.2) is 33.0 Å². The van der Waals surface area contributed by atoms with Crippen LogP contribution in [0.3, 0.4) is 0 Å². The van der Waals surface area contributed by atoms with E-state index in [0.29, 0.717) is 30.4 Å². The molecule has 0 atom stereocenters. The first-order chi connectivity index (χ1) is 13.2. The van der Waals surface area contributed by atoms with Crippen LogP contribution in [0.15, 0.2) is 54.9 Å². The van der Waals surface area contributed by atoms with Gasteiger partial charge < -0.3 is 10.6 Å². The van der Waals surface area contributed by atoms with E-state index >= 15 is 0 Å². The minimum atomic E-state index is -0.491. The summed E-state index contributed by atoms with van der Waals surface area (Å²) in [6.07, 6.45) is 2.85. The Bertz CT molecular complexity index is 984. The van der Waals surface area contributed by atoms with Gasteiger partial charge in [0.2, 0.25) is 5.95 Å². The molecule has 0 aliphatic rings. The average molecular weight is 361 g/mol. The Labute approximate surface area is 154 Å². The van der Waals surface area contributed by atoms with Crippen molar-refractivity contribution in [3.63, 3.8) is 0 Å². The minimum absolute atomic E-state index is 0.0515. The third-order valence-electron chi connectivity index (χ3n) is 3.62. The van der Waals surface area contributed by atoms with Gasteiger partial charge in [-0.05, 0) is 24.3 Å². The van der Waals surface area contributed by atoms with Crippen molar-refractivity contribution in [3.05, 3.63) is 70.5 Å². The van der Waals surface area contributed by atoms with E-state index in [1.165, 1.54) is 12.3 Å². The van der Waals surface area contributed by atoms with E-state index in [2.05, 4.69) is 31.7 Å². The predicted octanol–water partition coefficient (Wildman–Crippen LogP) is 2.84. The number of hydrogen-bond donors (Lipinski definition) is 2. The van der Waals surface area contributed by atoms with E-state index in [0.717, 1.165) is 11.3 Å². The standard InChI is InChI=1S/C18H15N7O2/c19-11-13-2-1-3-14(10-13)16-6-7-21-18(24-16)22-9-8-20-17-5-4-15(12-23-17)25(26)27/h1-7,10,12H,8-9H2,(H,20,23)(H,21,22,24). The largest absolute Gasteiger partial charge is 0.368 e. The first kappa shape index (κ1) is 17.8. The summed E-state index contributed by atoms with van der Waals surface area (Å²) < 4.78 is 0. The fourth-order valence-electron chi connectivity index (χ4n) is 2.32. The molecule has 9 heteroatoms. The zero-order chi connectivity index (χ0) is 19.1. The summed E-state index contributed by atoms with van der Waals surface area (Å²) in [5.41, 5.74) is 2.08. The van der Waals surface area contributed by atoms with Gasteiger partial charge in [0, 0.05) is 30.9 Å². The van der Waals surface area contributed by atoms with Gasteiger partial charge in [0.1, 0.15) is 12.0 Å². The molecule has 0 aliphatic carbocycles. The smallest absolute Gasteiger partial charge is 0.287 e. The number of hydrogen-bond acceptors (Lipinski definition) is 8. The van der Waals surface area contributed by atoms with Crippen LogP contribution in [0.5, 0.6) is 0 Å². The van der Waals surface area contributed by atoms with Gasteiger partial charge in [0.15, 0.2) is 0 Å². The summed E-state index contributed by atoms with van der Waals surface area (Å²) in [5, 5.41) is 25.8. The van der Waals surface area contributed by atoms with Crippen molar-refractivity contribution < 1.29 is 4.92 Å². The van der Waals surface area contributed by atoms with Crippen LogP contribution in [-0.2, 0) is 0 Å². The molecule has 2 N–H and O–H groups in total. The van der Waals surface area contributed by atoms with E-state index in [-0.39, 0.29) is 5.69 Å². The molecule has 0 radical (unpaired) electrons. The molecule has 0 fully saturated rings. The summed E-state index contributed by atoms with van der Waals surface area (Å²) in [5.74, 6) is 1.01. The van der Waals surface area contributed by atoms with E-state index in [9.17, 15) is 10.1 Å². The van der Waals surface area contributed by atoms with Crippen LogP contribution in [0.4, 0.5) is 17.5 Å². The van der Waals surface area contributed by atoms with Crippen LogP contribution in [0.2, 0.25) is 0 Å². The third kappa shape index (κ3) is 4.73. The molecule has 1 aromatic carbocycles. The molecule has 27 heavy (non-hydrogen) atoms. The number of nitriles is 1. The summed E-state index contributed by atoms with van der Waals surface area (Å²) in [6.45, 7) is 1.06. The van der Waals surface area contributed by atoms with Crippen molar-refractivity contribution in [1.29, 1.82) is 5.26 Å². The second-order valence-electron chi connectivity index (χ2n) is 5.47. The Morgan fingerprint density at radius 2 is 1.96 bits per heavy atom. The summed E-state index contributed by atoms with van der Waals surface area (Å²) in [4.78, 5) is 22.7. The van der Waals surface area contributed by atoms with E-state index < -0.39 is 4.92 Å². The Morgan fingerprint density at radius 3 is 2.70 bits per heavy atom. The van der Waals surface area contributed by atoms with Crippen molar-refractivity contribution in [2.75, 3.05) is 23.7 Å². The molecule has 0 spiro atoms. The quantitative estimate of drug-likeness (QED) is 0.373. The van der Waals surface area contributed by atoms with Gasteiger partial charge in [-0.25, -0.2) is 15.0 Å². The molecule has 2 aromatic heterocycles. The molecule has 3 aromatic rings. The molecule has 0 bridgehead atoms. The maximum atomic E-state index is 10.6. The molecule has 0 amide bonds. The highest BCUT2D eigenvalue weighted by Gasteiger charge is 2.05. The molecule has 134 valence electrons. The Balaban J connectivity index is 1.55. The lowest BCUT2D eigenvalue weighted by Crippen LogP contribution is -2.15. The molecule has 0 saturated carbocycles. The van der Waals surface area contributed by atoms with Crippen molar-refractivity contribution in [2.45, 2.75) is 0 Å². The Hall–Kier alpha value is -4.06. The second kappa shape index (κ2) is 8.35. The maximum Gasteiger partial charge on any atom is 0.287 e. The number of nitrogens with one attached hydrogen (secondary N) is 2. The highest BCUT2D eigenvalue weighted by atomic mass is 16.6. The van der Waals surface area contributed by atoms with Gasteiger partial charge in [-0.3, -0.25) is 10.1 Å². The highest BCUT2D eigenvalue weighted by Crippen LogP contribution is 2.18. The first-order valence-corrected chi connectivity index (χ1v) is 8.07. The van der Waals surface area contributed by atoms with Crippen LogP contribution >= 0.6 is 0 Å². The fourth-order valence-corrected chi connectivity index (χ4v) is 2.32. The number of rotatable bonds is 7. The molecule has 2 heterocycles. The molecule has 3 rings (SSSR count). The van der Waals surface area contributed by atoms with Crippen LogP contribution in [0, 0.1) is 21.4 Å². The summed E-state index contributed by atoms with van der Waals surface area (Å²) in [7, 11) is 0. The summed E-state index contributed by atoms with van der Waals surface area (Å²) >= 11 is 0. The van der Waals surface area contributed by atoms with Gasteiger partial charge in [-0.15, -0.1) is 0 Å². The van der Waals surface area contributed by atoms with E-state index in [1.54, 1.807) is 30.5 Å². The van der Waals surface area contributed by atoms with Crippen LogP contribution in [0.1, 0.15) is 5.56 Å². The normalized spacial score (nSPS) is 10.0. The van der Waals surface area contributed by atoms with Crippen molar-refractivity contribution in [1.82, 2.24) is 15.0 Å². The highest BCUT2D eigenvalue weighted by molar-refractivity contribution is 5.62. The SMILES string of the molecule is N#Cc1cccc(-c2ccnc(NCCNc3ccc([N+](=O)[O-])cn3)n2)c1. The zero-order valence-corrected chi connectivity index (χ0v) is 14.2. The predicted molar refractivity (Wildman–Crippen MR) is 100 cm³/mol. The lowest BCUT2D eigenvalue weighted by Gasteiger charge is -2.08.